The molecule has 0 unspecified atom stereocenters. The molecule has 2 saturated heterocycles. The number of aromatic nitrogens is 3. The first kappa shape index (κ1) is 14.0. The maximum absolute atomic E-state index is 4.91. The summed E-state index contributed by atoms with van der Waals surface area (Å²) in [5.74, 6) is 4.16. The second kappa shape index (κ2) is 6.26. The van der Waals surface area contributed by atoms with E-state index in [0.29, 0.717) is 0 Å². The average molecular weight is 316 g/mol. The van der Waals surface area contributed by atoms with Gasteiger partial charge in [0, 0.05) is 57.0 Å². The van der Waals surface area contributed by atoms with Crippen LogP contribution in [0.5, 0.6) is 0 Å². The largest absolute Gasteiger partial charge is 0.353 e. The van der Waals surface area contributed by atoms with Crippen molar-refractivity contribution < 1.29 is 0 Å². The standard InChI is InChI=1S/C15H20N6S/c1-2-12-13(17-3-1)18-15(21-8-10-22-11-9-21)19-14(12)20-6-4-16-5-7-20/h1-3,16H,4-11H2. The number of rotatable bonds is 2. The fourth-order valence-corrected chi connectivity index (χ4v) is 3.86. The minimum Gasteiger partial charge on any atom is -0.353 e. The van der Waals surface area contributed by atoms with Gasteiger partial charge in [-0.25, -0.2) is 4.98 Å². The fraction of sp³-hybridized carbons (Fsp3) is 0.533. The van der Waals surface area contributed by atoms with E-state index in [9.17, 15) is 0 Å². The van der Waals surface area contributed by atoms with Crippen LogP contribution in [-0.4, -0.2) is 65.7 Å². The minimum atomic E-state index is 0.805. The number of hydrogen-bond donors (Lipinski definition) is 1. The SMILES string of the molecule is c1cnc2nc(N3CCSCC3)nc(N3CCNCC3)c2c1. The number of pyridine rings is 1. The van der Waals surface area contributed by atoms with Crippen molar-refractivity contribution in [2.45, 2.75) is 0 Å². The number of thioether (sulfide) groups is 1. The molecule has 116 valence electrons. The number of piperazine rings is 1. The van der Waals surface area contributed by atoms with Crippen molar-refractivity contribution in [1.29, 1.82) is 0 Å². The summed E-state index contributed by atoms with van der Waals surface area (Å²) < 4.78 is 0. The lowest BCUT2D eigenvalue weighted by Gasteiger charge is -2.31. The molecule has 4 heterocycles. The highest BCUT2D eigenvalue weighted by atomic mass is 32.2. The molecule has 2 aromatic heterocycles. The molecule has 2 aliphatic rings. The lowest BCUT2D eigenvalue weighted by atomic mass is 10.2. The molecule has 7 heteroatoms. The Bertz CT molecular complexity index is 652. The number of hydrogen-bond acceptors (Lipinski definition) is 7. The Morgan fingerprint density at radius 2 is 1.82 bits per heavy atom. The van der Waals surface area contributed by atoms with E-state index in [1.165, 1.54) is 0 Å². The van der Waals surface area contributed by atoms with E-state index in [-0.39, 0.29) is 0 Å². The van der Waals surface area contributed by atoms with E-state index in [2.05, 4.69) is 26.2 Å². The minimum absolute atomic E-state index is 0.805. The molecule has 2 fully saturated rings. The van der Waals surface area contributed by atoms with Crippen LogP contribution in [0, 0.1) is 0 Å². The third-order valence-electron chi connectivity index (χ3n) is 4.15. The molecule has 0 aromatic carbocycles. The van der Waals surface area contributed by atoms with Crippen molar-refractivity contribution in [3.05, 3.63) is 18.3 Å². The van der Waals surface area contributed by atoms with Crippen LogP contribution in [0.3, 0.4) is 0 Å². The number of fused-ring (bicyclic) bond motifs is 1. The summed E-state index contributed by atoms with van der Waals surface area (Å²) in [5, 5.41) is 4.45. The molecule has 6 nitrogen and oxygen atoms in total. The highest BCUT2D eigenvalue weighted by Gasteiger charge is 2.20. The van der Waals surface area contributed by atoms with Crippen molar-refractivity contribution in [3.8, 4) is 0 Å². The first-order valence-electron chi connectivity index (χ1n) is 7.83. The first-order chi connectivity index (χ1) is 10.9. The highest BCUT2D eigenvalue weighted by molar-refractivity contribution is 7.99. The van der Waals surface area contributed by atoms with Gasteiger partial charge in [0.05, 0.1) is 5.39 Å². The van der Waals surface area contributed by atoms with Crippen LogP contribution >= 0.6 is 11.8 Å². The van der Waals surface area contributed by atoms with E-state index in [1.807, 2.05) is 24.0 Å². The van der Waals surface area contributed by atoms with Gasteiger partial charge in [0.25, 0.3) is 0 Å². The molecule has 0 radical (unpaired) electrons. The van der Waals surface area contributed by atoms with Gasteiger partial charge in [0.2, 0.25) is 5.95 Å². The van der Waals surface area contributed by atoms with Gasteiger partial charge < -0.3 is 15.1 Å². The van der Waals surface area contributed by atoms with Gasteiger partial charge in [-0.2, -0.15) is 21.7 Å². The molecule has 0 atom stereocenters. The van der Waals surface area contributed by atoms with E-state index in [0.717, 1.165) is 73.6 Å². The molecule has 0 spiro atoms. The highest BCUT2D eigenvalue weighted by Crippen LogP contribution is 2.26. The zero-order valence-electron chi connectivity index (χ0n) is 12.5. The summed E-state index contributed by atoms with van der Waals surface area (Å²) in [5.41, 5.74) is 0.805. The maximum atomic E-state index is 4.91. The van der Waals surface area contributed by atoms with Crippen molar-refractivity contribution in [2.75, 3.05) is 60.6 Å². The van der Waals surface area contributed by atoms with Gasteiger partial charge in [0.15, 0.2) is 5.65 Å². The smallest absolute Gasteiger partial charge is 0.229 e. The predicted molar refractivity (Wildman–Crippen MR) is 92.0 cm³/mol. The molecule has 2 aliphatic heterocycles. The van der Waals surface area contributed by atoms with Crippen molar-refractivity contribution in [3.63, 3.8) is 0 Å². The summed E-state index contributed by atoms with van der Waals surface area (Å²) in [6.07, 6.45) is 1.81. The van der Waals surface area contributed by atoms with Crippen LogP contribution in [0.25, 0.3) is 11.0 Å². The molecule has 4 rings (SSSR count). The van der Waals surface area contributed by atoms with Crippen molar-refractivity contribution in [2.24, 2.45) is 0 Å². The quantitative estimate of drug-likeness (QED) is 0.886. The Morgan fingerprint density at radius 3 is 2.64 bits per heavy atom. The first-order valence-corrected chi connectivity index (χ1v) is 8.98. The number of nitrogens with zero attached hydrogens (tertiary/aromatic N) is 5. The Kier molecular flexibility index (Phi) is 3.99. The van der Waals surface area contributed by atoms with Gasteiger partial charge in [0.1, 0.15) is 5.82 Å². The summed E-state index contributed by atoms with van der Waals surface area (Å²) in [7, 11) is 0. The number of nitrogens with one attached hydrogen (secondary N) is 1. The summed E-state index contributed by atoms with van der Waals surface area (Å²) in [6, 6.07) is 4.05. The monoisotopic (exact) mass is 316 g/mol. The maximum Gasteiger partial charge on any atom is 0.229 e. The van der Waals surface area contributed by atoms with Crippen molar-refractivity contribution >= 4 is 34.6 Å². The molecule has 22 heavy (non-hydrogen) atoms. The Morgan fingerprint density at radius 1 is 1.00 bits per heavy atom. The van der Waals surface area contributed by atoms with Crippen LogP contribution in [0.4, 0.5) is 11.8 Å². The van der Waals surface area contributed by atoms with E-state index in [1.54, 1.807) is 0 Å². The Balaban J connectivity index is 1.78. The van der Waals surface area contributed by atoms with Crippen LogP contribution in [0.1, 0.15) is 0 Å². The zero-order chi connectivity index (χ0) is 14.8. The van der Waals surface area contributed by atoms with Crippen LogP contribution < -0.4 is 15.1 Å². The van der Waals surface area contributed by atoms with E-state index in [4.69, 9.17) is 9.97 Å². The van der Waals surface area contributed by atoms with Crippen LogP contribution in [0.2, 0.25) is 0 Å². The summed E-state index contributed by atoms with van der Waals surface area (Å²) >= 11 is 2.00. The summed E-state index contributed by atoms with van der Waals surface area (Å²) in [4.78, 5) is 18.7. The van der Waals surface area contributed by atoms with Crippen LogP contribution in [-0.2, 0) is 0 Å². The second-order valence-corrected chi connectivity index (χ2v) is 6.78. The third-order valence-corrected chi connectivity index (χ3v) is 5.09. The molecule has 2 aromatic rings. The van der Waals surface area contributed by atoms with Gasteiger partial charge in [-0.15, -0.1) is 0 Å². The fourth-order valence-electron chi connectivity index (χ4n) is 2.96. The molecule has 1 N–H and O–H groups in total. The van der Waals surface area contributed by atoms with Gasteiger partial charge in [-0.05, 0) is 12.1 Å². The number of anilines is 2. The lowest BCUT2D eigenvalue weighted by molar-refractivity contribution is 0.585. The predicted octanol–water partition coefficient (Wildman–Crippen LogP) is 0.988. The van der Waals surface area contributed by atoms with Gasteiger partial charge >= 0.3 is 0 Å². The zero-order valence-corrected chi connectivity index (χ0v) is 13.3. The average Bonchev–Trinajstić information content (AvgIpc) is 2.62. The molecule has 0 aliphatic carbocycles. The topological polar surface area (TPSA) is 57.2 Å². The molecular formula is C15H20N6S. The van der Waals surface area contributed by atoms with E-state index >= 15 is 0 Å². The normalized spacial score (nSPS) is 19.6. The molecular weight excluding hydrogens is 296 g/mol. The molecule has 0 amide bonds. The summed E-state index contributed by atoms with van der Waals surface area (Å²) in [6.45, 7) is 6.00. The lowest BCUT2D eigenvalue weighted by Crippen LogP contribution is -2.44. The van der Waals surface area contributed by atoms with Crippen molar-refractivity contribution in [1.82, 2.24) is 20.3 Å². The molecule has 0 bridgehead atoms. The van der Waals surface area contributed by atoms with Gasteiger partial charge in [-0.1, -0.05) is 0 Å². The molecule has 0 saturated carbocycles. The van der Waals surface area contributed by atoms with Crippen LogP contribution in [0.15, 0.2) is 18.3 Å². The second-order valence-electron chi connectivity index (χ2n) is 5.56. The Hall–Kier alpha value is -1.60. The third kappa shape index (κ3) is 2.70. The van der Waals surface area contributed by atoms with E-state index < -0.39 is 0 Å². The Labute approximate surface area is 134 Å². The van der Waals surface area contributed by atoms with Gasteiger partial charge in [-0.3, -0.25) is 0 Å².